The zero-order chi connectivity index (χ0) is 90.3. The Balaban J connectivity index is 0.000000190. The molecule has 4 amide bonds. The molecule has 0 spiro atoms. The highest BCUT2D eigenvalue weighted by atomic mass is 35.5. The highest BCUT2D eigenvalue weighted by Gasteiger charge is 2.29. The van der Waals surface area contributed by atoms with Gasteiger partial charge in [0.1, 0.15) is 54.5 Å². The Morgan fingerprint density at radius 1 is 0.349 bits per heavy atom. The molecule has 4 N–H and O–H groups in total. The SMILES string of the molecule is CC[C@@H](CCCCC(=O)N1CCN(c2ncc(Cl)cn2)CC1)Oc1cn[nH]c(=O)c1C.CC[C@H](COCCC(=O)N1CCN(c2ncc(Cl)cn2)CC1)Oc1cn[nH]c(=O)c1C.COC[C@@H](COc1cn[nH]c(=O)c1C)OCCC(=O)N1CCN(c2ncc(Cl)cn2)CC1.COC[C@H](COc1cn[nH]c(=O)c1C)OCCC(=O)N1CCN(c2ncc(Cl)cn2)CC1. The van der Waals surface area contributed by atoms with E-state index >= 15 is 0 Å². The van der Waals surface area contributed by atoms with Crippen molar-refractivity contribution < 1.29 is 61.8 Å². The number of aromatic nitrogens is 16. The molecule has 0 aliphatic carbocycles. The second-order valence-electron chi connectivity index (χ2n) is 29.4. The topological polar surface area (TPSA) is 463 Å². The van der Waals surface area contributed by atoms with Crippen LogP contribution in [0.25, 0.3) is 0 Å². The Bertz CT molecular complexity index is 4600. The molecule has 684 valence electrons. The molecule has 126 heavy (non-hydrogen) atoms. The number of halogens is 4. The van der Waals surface area contributed by atoms with Gasteiger partial charge >= 0.3 is 0 Å². The monoisotopic (exact) mass is 1830 g/mol. The highest BCUT2D eigenvalue weighted by molar-refractivity contribution is 6.31. The van der Waals surface area contributed by atoms with Crippen LogP contribution in [0, 0.1) is 27.7 Å². The number of nitrogens with zero attached hydrogens (tertiary/aromatic N) is 20. The second-order valence-corrected chi connectivity index (χ2v) is 31.2. The van der Waals surface area contributed by atoms with Crippen molar-refractivity contribution in [3.63, 3.8) is 0 Å². The molecule has 12 heterocycles. The molecule has 4 fully saturated rings. The van der Waals surface area contributed by atoms with E-state index in [9.17, 15) is 38.4 Å². The van der Waals surface area contributed by atoms with E-state index in [-0.39, 0.29) is 110 Å². The van der Waals surface area contributed by atoms with Gasteiger partial charge in [-0.15, -0.1) is 0 Å². The van der Waals surface area contributed by atoms with Crippen LogP contribution in [-0.2, 0) is 42.9 Å². The number of ether oxygens (including phenoxy) is 9. The lowest BCUT2D eigenvalue weighted by molar-refractivity contribution is -0.134. The standard InChI is InChI=1S/C21H29ClN6O3.2C20H27ClN6O5.C20H27ClN6O4/c1-3-17(31-18-14-25-26-20(30)15(18)2)6-4-5-7-19(29)27-8-10-28(11-9-27)21-23-12-16(22)13-24-21;2*1-14-17(11-24-25-19(14)29)32-13-16(12-30-2)31-8-3-18(28)26-4-6-27(7-5-26)20-22-9-15(21)10-23-20;1-3-16(31-17-12-24-25-19(29)14(17)2)13-30-9-4-18(28)26-5-7-27(8-6-26)20-22-10-15(21)11-23-20/h12-14,17H,3-11H2,1-2H3,(H,26,30);2*9-11,16H,3-8,12-13H2,1-2H3,(H,25,29);10-12,16H,3-9,13H2,1-2H3,(H,25,29)/t17-;3*16-/m0101/s1. The van der Waals surface area contributed by atoms with Gasteiger partial charge < -0.3 is 81.8 Å². The van der Waals surface area contributed by atoms with Gasteiger partial charge in [-0.2, -0.15) is 20.4 Å². The molecule has 0 radical (unpaired) electrons. The highest BCUT2D eigenvalue weighted by Crippen LogP contribution is 2.24. The maximum absolute atomic E-state index is 12.6. The lowest BCUT2D eigenvalue weighted by Crippen LogP contribution is -2.49. The van der Waals surface area contributed by atoms with Crippen LogP contribution in [0.3, 0.4) is 0 Å². The summed E-state index contributed by atoms with van der Waals surface area (Å²) in [5, 5.41) is 26.5. The summed E-state index contributed by atoms with van der Waals surface area (Å²) < 4.78 is 50.7. The number of hydrogen-bond donors (Lipinski definition) is 4. The van der Waals surface area contributed by atoms with Crippen molar-refractivity contribution in [1.82, 2.24) is 100 Å². The first-order valence-electron chi connectivity index (χ1n) is 41.5. The average molecular weight is 1830 g/mol. The molecule has 0 unspecified atom stereocenters. The molecule has 0 bridgehead atoms. The van der Waals surface area contributed by atoms with Gasteiger partial charge in [-0.25, -0.2) is 60.3 Å². The molecule has 4 aliphatic heterocycles. The van der Waals surface area contributed by atoms with Crippen molar-refractivity contribution in [2.45, 2.75) is 124 Å². The molecule has 4 aliphatic rings. The number of rotatable bonds is 38. The summed E-state index contributed by atoms with van der Waals surface area (Å²) in [5.74, 6) is 4.50. The minimum Gasteiger partial charge on any atom is -0.489 e. The molecule has 4 atom stereocenters. The van der Waals surface area contributed by atoms with Crippen LogP contribution in [0.1, 0.15) is 93.9 Å². The molecule has 12 rings (SSSR count). The molecular weight excluding hydrogens is 1720 g/mol. The van der Waals surface area contributed by atoms with Gasteiger partial charge in [0.25, 0.3) is 22.2 Å². The molecule has 0 saturated carbocycles. The first-order valence-corrected chi connectivity index (χ1v) is 43.0. The maximum atomic E-state index is 12.6. The van der Waals surface area contributed by atoms with Gasteiger partial charge in [0.05, 0.1) is 182 Å². The number of methoxy groups -OCH3 is 2. The van der Waals surface area contributed by atoms with E-state index in [0.717, 1.165) is 25.7 Å². The van der Waals surface area contributed by atoms with Gasteiger partial charge in [-0.05, 0) is 59.8 Å². The fourth-order valence-electron chi connectivity index (χ4n) is 13.0. The van der Waals surface area contributed by atoms with Crippen LogP contribution in [0.5, 0.6) is 23.0 Å². The van der Waals surface area contributed by atoms with Crippen molar-refractivity contribution in [1.29, 1.82) is 0 Å². The molecule has 8 aromatic heterocycles. The van der Waals surface area contributed by atoms with E-state index in [1.54, 1.807) is 91.5 Å². The number of carbonyl (C=O) groups is 4. The van der Waals surface area contributed by atoms with E-state index in [0.29, 0.717) is 240 Å². The number of carbonyl (C=O) groups excluding carboxylic acids is 4. The van der Waals surface area contributed by atoms with Gasteiger partial charge in [0.15, 0.2) is 0 Å². The fourth-order valence-corrected chi connectivity index (χ4v) is 13.4. The Labute approximate surface area is 748 Å². The third kappa shape index (κ3) is 31.9. The van der Waals surface area contributed by atoms with Crippen LogP contribution < -0.4 is 60.8 Å². The van der Waals surface area contributed by atoms with E-state index in [4.69, 9.17) is 89.0 Å². The maximum Gasteiger partial charge on any atom is 0.270 e. The molecular formula is C81H110Cl4N24O17. The lowest BCUT2D eigenvalue weighted by Gasteiger charge is -2.34. The van der Waals surface area contributed by atoms with Crippen molar-refractivity contribution in [3.8, 4) is 23.0 Å². The number of unbranched alkanes of at least 4 members (excludes halogenated alkanes) is 1. The van der Waals surface area contributed by atoms with Crippen LogP contribution in [0.4, 0.5) is 23.8 Å². The van der Waals surface area contributed by atoms with Gasteiger partial charge in [-0.1, -0.05) is 60.3 Å². The number of H-pyrrole nitrogens is 4. The zero-order valence-corrected chi connectivity index (χ0v) is 75.0. The molecule has 45 heteroatoms. The molecule has 0 aromatic carbocycles. The van der Waals surface area contributed by atoms with Crippen molar-refractivity contribution in [2.75, 3.05) is 191 Å². The largest absolute Gasteiger partial charge is 0.489 e. The van der Waals surface area contributed by atoms with Gasteiger partial charge in [0.2, 0.25) is 47.4 Å². The lowest BCUT2D eigenvalue weighted by atomic mass is 10.1. The number of aromatic amines is 4. The number of hydrogen-bond acceptors (Lipinski definition) is 33. The third-order valence-electron chi connectivity index (χ3n) is 20.6. The number of piperazine rings is 4. The van der Waals surface area contributed by atoms with Crippen molar-refractivity contribution in [3.05, 3.63) is 158 Å². The van der Waals surface area contributed by atoms with E-state index in [2.05, 4.69) is 92.5 Å². The van der Waals surface area contributed by atoms with Crippen molar-refractivity contribution >= 4 is 93.8 Å². The van der Waals surface area contributed by atoms with Gasteiger partial charge in [-0.3, -0.25) is 38.4 Å². The number of amides is 4. The summed E-state index contributed by atoms with van der Waals surface area (Å²) in [5.41, 5.74) is 0.768. The smallest absolute Gasteiger partial charge is 0.270 e. The Hall–Kier alpha value is -10.9. The first-order chi connectivity index (χ1) is 60.9. The van der Waals surface area contributed by atoms with Gasteiger partial charge in [0, 0.05) is 125 Å². The number of anilines is 4. The quantitative estimate of drug-likeness (QED) is 0.0353. The predicted octanol–water partition coefficient (Wildman–Crippen LogP) is 5.36. The summed E-state index contributed by atoms with van der Waals surface area (Å²) in [6, 6.07) is 0. The summed E-state index contributed by atoms with van der Waals surface area (Å²) in [7, 11) is 3.12. The van der Waals surface area contributed by atoms with Crippen LogP contribution >= 0.6 is 46.4 Å². The van der Waals surface area contributed by atoms with Crippen LogP contribution in [-0.4, -0.2) is 320 Å². The minimum absolute atomic E-state index is 0.000299. The summed E-state index contributed by atoms with van der Waals surface area (Å²) in [4.78, 5) is 146. The summed E-state index contributed by atoms with van der Waals surface area (Å²) >= 11 is 23.3. The molecule has 41 nitrogen and oxygen atoms in total. The Kier molecular flexibility index (Phi) is 41.0. The van der Waals surface area contributed by atoms with Crippen LogP contribution in [0.15, 0.2) is 93.5 Å². The summed E-state index contributed by atoms with van der Waals surface area (Å²) in [6.45, 7) is 23.1. The summed E-state index contributed by atoms with van der Waals surface area (Å²) in [6.07, 6.45) is 22.9. The Morgan fingerprint density at radius 2 is 0.627 bits per heavy atom. The second kappa shape index (κ2) is 52.3. The van der Waals surface area contributed by atoms with Crippen molar-refractivity contribution in [2.24, 2.45) is 0 Å². The zero-order valence-electron chi connectivity index (χ0n) is 72.0. The fraction of sp³-hybridized carbons (Fsp3) is 0.556. The number of nitrogens with one attached hydrogen (secondary N) is 4. The predicted molar refractivity (Wildman–Crippen MR) is 468 cm³/mol. The van der Waals surface area contributed by atoms with E-state index in [1.165, 1.54) is 24.8 Å². The minimum atomic E-state index is -0.384. The third-order valence-corrected chi connectivity index (χ3v) is 21.4. The van der Waals surface area contributed by atoms with E-state index in [1.807, 2.05) is 41.2 Å². The first kappa shape index (κ1) is 98.9. The van der Waals surface area contributed by atoms with Crippen LogP contribution in [0.2, 0.25) is 20.1 Å². The van der Waals surface area contributed by atoms with E-state index < -0.39 is 0 Å². The molecule has 8 aromatic rings. The normalized spacial score (nSPS) is 15.0. The average Bonchev–Trinajstić information content (AvgIpc) is 0.871. The Morgan fingerprint density at radius 3 is 0.929 bits per heavy atom. The molecule has 4 saturated heterocycles.